The van der Waals surface area contributed by atoms with Crippen LogP contribution in [-0.2, 0) is 29.7 Å². The molecule has 2 aromatic carbocycles. The molecule has 0 radical (unpaired) electrons. The number of piperidine rings is 1. The van der Waals surface area contributed by atoms with Crippen LogP contribution in [-0.4, -0.2) is 42.0 Å². The Morgan fingerprint density at radius 1 is 0.970 bits per heavy atom. The van der Waals surface area contributed by atoms with Gasteiger partial charge < -0.3 is 0 Å². The fourth-order valence-electron chi connectivity index (χ4n) is 4.48. The Balaban J connectivity index is 1.44. The molecule has 7 heteroatoms. The number of aromatic nitrogens is 1. The van der Waals surface area contributed by atoms with Gasteiger partial charge in [-0.1, -0.05) is 42.5 Å². The van der Waals surface area contributed by atoms with E-state index in [0.717, 1.165) is 49.3 Å². The molecule has 2 heterocycles. The quantitative estimate of drug-likeness (QED) is 0.487. The summed E-state index contributed by atoms with van der Waals surface area (Å²) in [6, 6.07) is 20.4. The predicted molar refractivity (Wildman–Crippen MR) is 128 cm³/mol. The minimum Gasteiger partial charge on any atom is -0.299 e. The molecule has 0 unspecified atom stereocenters. The van der Waals surface area contributed by atoms with Gasteiger partial charge in [0.2, 0.25) is 10.0 Å². The maximum atomic E-state index is 13.2. The summed E-state index contributed by atoms with van der Waals surface area (Å²) in [5.74, 6) is 0.183. The third-order valence-electron chi connectivity index (χ3n) is 6.28. The van der Waals surface area contributed by atoms with Crippen molar-refractivity contribution < 1.29 is 12.8 Å². The van der Waals surface area contributed by atoms with Crippen molar-refractivity contribution >= 4 is 10.0 Å². The van der Waals surface area contributed by atoms with Gasteiger partial charge in [-0.3, -0.25) is 9.88 Å². The molecule has 0 amide bonds. The van der Waals surface area contributed by atoms with Gasteiger partial charge >= 0.3 is 0 Å². The van der Waals surface area contributed by atoms with Crippen molar-refractivity contribution in [2.75, 3.05) is 19.3 Å². The summed E-state index contributed by atoms with van der Waals surface area (Å²) < 4.78 is 39.7. The van der Waals surface area contributed by atoms with Crippen LogP contribution in [0.25, 0.3) is 0 Å². The lowest BCUT2D eigenvalue weighted by Crippen LogP contribution is -2.33. The van der Waals surface area contributed by atoms with E-state index in [4.69, 9.17) is 0 Å². The van der Waals surface area contributed by atoms with Crippen molar-refractivity contribution in [3.8, 4) is 0 Å². The van der Waals surface area contributed by atoms with Gasteiger partial charge in [-0.25, -0.2) is 12.8 Å². The summed E-state index contributed by atoms with van der Waals surface area (Å²) in [6.07, 6.45) is 4.96. The number of nitrogens with zero attached hydrogens (tertiary/aromatic N) is 3. The Morgan fingerprint density at radius 2 is 1.67 bits per heavy atom. The van der Waals surface area contributed by atoms with Crippen LogP contribution in [0.4, 0.5) is 4.39 Å². The average Bonchev–Trinajstić information content (AvgIpc) is 2.81. The normalized spacial score (nSPS) is 15.7. The van der Waals surface area contributed by atoms with Gasteiger partial charge in [-0.2, -0.15) is 4.31 Å². The van der Waals surface area contributed by atoms with Crippen LogP contribution in [0, 0.1) is 5.82 Å². The van der Waals surface area contributed by atoms with Crippen LogP contribution in [0.3, 0.4) is 0 Å². The molecule has 1 aromatic heterocycles. The zero-order chi connectivity index (χ0) is 23.3. The summed E-state index contributed by atoms with van der Waals surface area (Å²) >= 11 is 0. The highest BCUT2D eigenvalue weighted by atomic mass is 32.2. The van der Waals surface area contributed by atoms with E-state index in [0.29, 0.717) is 12.5 Å². The fraction of sp³-hybridized carbons (Fsp3) is 0.346. The zero-order valence-corrected chi connectivity index (χ0v) is 19.7. The topological polar surface area (TPSA) is 53.5 Å². The van der Waals surface area contributed by atoms with Crippen molar-refractivity contribution in [3.63, 3.8) is 0 Å². The first-order chi connectivity index (χ1) is 15.9. The molecule has 0 bridgehead atoms. The standard InChI is InChI=1S/C26H30FN3O2S/c1-33(31,32)30(20-25-7-4-5-15-28-25)19-23-6-2-3-8-26(23)22-13-16-29(17-14-22)18-21-9-11-24(27)12-10-21/h2-12,15,22H,13-14,16-20H2,1H3. The maximum Gasteiger partial charge on any atom is 0.211 e. The number of sulfonamides is 1. The maximum absolute atomic E-state index is 13.2. The number of hydrogen-bond donors (Lipinski definition) is 0. The number of halogens is 1. The van der Waals surface area contributed by atoms with E-state index in [-0.39, 0.29) is 12.4 Å². The summed E-state index contributed by atoms with van der Waals surface area (Å²) in [6.45, 7) is 3.33. The van der Waals surface area contributed by atoms with Crippen LogP contribution in [0.1, 0.15) is 41.1 Å². The second kappa shape index (κ2) is 10.5. The monoisotopic (exact) mass is 467 g/mol. The van der Waals surface area contributed by atoms with E-state index >= 15 is 0 Å². The van der Waals surface area contributed by atoms with E-state index in [1.165, 1.54) is 28.3 Å². The number of hydrogen-bond acceptors (Lipinski definition) is 4. The largest absolute Gasteiger partial charge is 0.299 e. The number of likely N-dealkylation sites (tertiary alicyclic amines) is 1. The highest BCUT2D eigenvalue weighted by Gasteiger charge is 2.25. The second-order valence-electron chi connectivity index (χ2n) is 8.73. The first kappa shape index (κ1) is 23.5. The summed E-state index contributed by atoms with van der Waals surface area (Å²) in [5, 5.41) is 0. The lowest BCUT2D eigenvalue weighted by Gasteiger charge is -2.33. The molecule has 3 aromatic rings. The molecule has 1 fully saturated rings. The van der Waals surface area contributed by atoms with Crippen LogP contribution in [0.2, 0.25) is 0 Å². The molecule has 0 atom stereocenters. The molecule has 0 spiro atoms. The first-order valence-electron chi connectivity index (χ1n) is 11.3. The van der Waals surface area contributed by atoms with E-state index in [1.807, 2.05) is 48.5 Å². The lowest BCUT2D eigenvalue weighted by atomic mass is 9.86. The van der Waals surface area contributed by atoms with E-state index in [9.17, 15) is 12.8 Å². The van der Waals surface area contributed by atoms with Gasteiger partial charge in [-0.05, 0) is 72.8 Å². The Morgan fingerprint density at radius 3 is 2.33 bits per heavy atom. The molecule has 0 aliphatic carbocycles. The molecular weight excluding hydrogens is 437 g/mol. The van der Waals surface area contributed by atoms with Gasteiger partial charge in [0, 0.05) is 19.3 Å². The Kier molecular flexibility index (Phi) is 7.53. The third kappa shape index (κ3) is 6.47. The molecule has 1 saturated heterocycles. The van der Waals surface area contributed by atoms with Crippen LogP contribution in [0.15, 0.2) is 72.9 Å². The Labute approximate surface area is 195 Å². The first-order valence-corrected chi connectivity index (χ1v) is 13.1. The molecule has 1 aliphatic rings. The summed E-state index contributed by atoms with van der Waals surface area (Å²) in [4.78, 5) is 6.70. The Bertz CT molecular complexity index is 1150. The van der Waals surface area contributed by atoms with Crippen LogP contribution in [0.5, 0.6) is 0 Å². The predicted octanol–water partition coefficient (Wildman–Crippen LogP) is 4.56. The molecule has 1 aliphatic heterocycles. The van der Waals surface area contributed by atoms with Gasteiger partial charge in [0.25, 0.3) is 0 Å². The van der Waals surface area contributed by atoms with Gasteiger partial charge in [0.05, 0.1) is 18.5 Å². The van der Waals surface area contributed by atoms with E-state index in [2.05, 4.69) is 16.0 Å². The van der Waals surface area contributed by atoms with Crippen molar-refractivity contribution in [2.45, 2.75) is 38.4 Å². The number of pyridine rings is 1. The fourth-order valence-corrected chi connectivity index (χ4v) is 5.22. The van der Waals surface area contributed by atoms with Gasteiger partial charge in [-0.15, -0.1) is 0 Å². The van der Waals surface area contributed by atoms with Crippen LogP contribution >= 0.6 is 0 Å². The molecule has 4 rings (SSSR count). The van der Waals surface area contributed by atoms with E-state index in [1.54, 1.807) is 6.20 Å². The lowest BCUT2D eigenvalue weighted by molar-refractivity contribution is 0.204. The third-order valence-corrected chi connectivity index (χ3v) is 7.48. The Hall–Kier alpha value is -2.61. The van der Waals surface area contributed by atoms with Gasteiger partial charge in [0.15, 0.2) is 0 Å². The zero-order valence-electron chi connectivity index (χ0n) is 18.9. The van der Waals surface area contributed by atoms with Crippen molar-refractivity contribution in [1.29, 1.82) is 0 Å². The number of rotatable bonds is 8. The summed E-state index contributed by atoms with van der Waals surface area (Å²) in [5.41, 5.74) is 4.13. The smallest absolute Gasteiger partial charge is 0.211 e. The molecular formula is C26H30FN3O2S. The van der Waals surface area contributed by atoms with Crippen molar-refractivity contribution in [3.05, 3.63) is 101 Å². The van der Waals surface area contributed by atoms with Gasteiger partial charge in [0.1, 0.15) is 5.82 Å². The molecule has 33 heavy (non-hydrogen) atoms. The number of benzene rings is 2. The molecule has 0 saturated carbocycles. The van der Waals surface area contributed by atoms with Crippen molar-refractivity contribution in [2.24, 2.45) is 0 Å². The summed E-state index contributed by atoms with van der Waals surface area (Å²) in [7, 11) is -3.40. The minimum atomic E-state index is -3.40. The second-order valence-corrected chi connectivity index (χ2v) is 10.7. The molecule has 174 valence electrons. The minimum absolute atomic E-state index is 0.208. The SMILES string of the molecule is CS(=O)(=O)N(Cc1ccccn1)Cc1ccccc1C1CCN(Cc2ccc(F)cc2)CC1. The average molecular weight is 468 g/mol. The molecule has 5 nitrogen and oxygen atoms in total. The highest BCUT2D eigenvalue weighted by Crippen LogP contribution is 2.32. The molecule has 0 N–H and O–H groups in total. The van der Waals surface area contributed by atoms with E-state index < -0.39 is 10.0 Å². The van der Waals surface area contributed by atoms with Crippen molar-refractivity contribution in [1.82, 2.24) is 14.2 Å². The highest BCUT2D eigenvalue weighted by molar-refractivity contribution is 7.88. The van der Waals surface area contributed by atoms with Crippen LogP contribution < -0.4 is 0 Å².